The molecule has 0 aliphatic carbocycles. The summed E-state index contributed by atoms with van der Waals surface area (Å²) in [6, 6.07) is 1.35. The molecule has 0 atom stereocenters. The number of halogens is 4. The lowest BCUT2D eigenvalue weighted by Gasteiger charge is -2.21. The van der Waals surface area contributed by atoms with Gasteiger partial charge in [-0.1, -0.05) is 12.2 Å². The van der Waals surface area contributed by atoms with Crippen LogP contribution in [0.15, 0.2) is 12.1 Å². The lowest BCUT2D eigenvalue weighted by molar-refractivity contribution is -0.140. The van der Waals surface area contributed by atoms with Crippen molar-refractivity contribution in [1.29, 1.82) is 0 Å². The molecule has 7 heteroatoms. The van der Waals surface area contributed by atoms with Crippen molar-refractivity contribution in [2.75, 3.05) is 11.9 Å². The van der Waals surface area contributed by atoms with E-state index in [1.165, 1.54) is 0 Å². The molecule has 1 aromatic carbocycles. The van der Waals surface area contributed by atoms with Crippen LogP contribution in [0.25, 0.3) is 0 Å². The van der Waals surface area contributed by atoms with Gasteiger partial charge >= 0.3 is 6.18 Å². The van der Waals surface area contributed by atoms with Crippen molar-refractivity contribution >= 4 is 22.9 Å². The number of benzene rings is 1. The highest BCUT2D eigenvalue weighted by atomic mass is 32.1. The molecule has 0 fully saturated rings. The third kappa shape index (κ3) is 1.95. The Morgan fingerprint density at radius 1 is 1.31 bits per heavy atom. The van der Waals surface area contributed by atoms with E-state index in [1.807, 2.05) is 0 Å². The van der Waals surface area contributed by atoms with Gasteiger partial charge < -0.3 is 10.1 Å². The van der Waals surface area contributed by atoms with Crippen LogP contribution in [0.5, 0.6) is 5.75 Å². The molecule has 0 amide bonds. The van der Waals surface area contributed by atoms with Gasteiger partial charge in [0.25, 0.3) is 0 Å². The molecule has 0 spiro atoms. The fourth-order valence-corrected chi connectivity index (χ4v) is 1.49. The highest BCUT2D eigenvalue weighted by molar-refractivity contribution is 7.80. The predicted molar refractivity (Wildman–Crippen MR) is 53.1 cm³/mol. The maximum absolute atomic E-state index is 13.1. The summed E-state index contributed by atoms with van der Waals surface area (Å²) >= 11 is 4.75. The molecular formula is C9H5F4NOS. The van der Waals surface area contributed by atoms with Crippen LogP contribution < -0.4 is 10.1 Å². The van der Waals surface area contributed by atoms with E-state index in [0.29, 0.717) is 11.1 Å². The van der Waals surface area contributed by atoms with Crippen LogP contribution in [0.1, 0.15) is 5.56 Å². The quantitative estimate of drug-likeness (QED) is 0.565. The minimum Gasteiger partial charge on any atom is -0.484 e. The predicted octanol–water partition coefficient (Wildman–Crippen LogP) is 2.98. The molecule has 2 rings (SSSR count). The van der Waals surface area contributed by atoms with E-state index in [4.69, 9.17) is 17.0 Å². The number of rotatable bonds is 0. The average Bonchev–Trinajstić information content (AvgIpc) is 2.14. The normalized spacial score (nSPS) is 15.1. The second kappa shape index (κ2) is 3.58. The lowest BCUT2D eigenvalue weighted by atomic mass is 10.1. The molecule has 0 radical (unpaired) electrons. The highest BCUT2D eigenvalue weighted by Crippen LogP contribution is 2.38. The van der Waals surface area contributed by atoms with Crippen molar-refractivity contribution in [3.63, 3.8) is 0 Å². The molecule has 0 unspecified atom stereocenters. The number of ether oxygens (including phenoxy) is 1. The maximum Gasteiger partial charge on any atom is 0.419 e. The van der Waals surface area contributed by atoms with E-state index in [1.54, 1.807) is 0 Å². The molecule has 1 N–H and O–H groups in total. The summed E-state index contributed by atoms with van der Waals surface area (Å²) in [5, 5.41) is 2.58. The van der Waals surface area contributed by atoms with Crippen LogP contribution >= 0.6 is 12.2 Å². The second-order valence-corrected chi connectivity index (χ2v) is 3.66. The van der Waals surface area contributed by atoms with Crippen molar-refractivity contribution in [3.8, 4) is 5.75 Å². The number of anilines is 1. The minimum absolute atomic E-state index is 0.00867. The zero-order valence-electron chi connectivity index (χ0n) is 7.69. The van der Waals surface area contributed by atoms with Gasteiger partial charge in [-0.15, -0.1) is 0 Å². The molecule has 16 heavy (non-hydrogen) atoms. The Morgan fingerprint density at radius 3 is 2.62 bits per heavy atom. The van der Waals surface area contributed by atoms with Crippen molar-refractivity contribution in [2.24, 2.45) is 0 Å². The number of hydrogen-bond acceptors (Lipinski definition) is 2. The van der Waals surface area contributed by atoms with E-state index < -0.39 is 17.6 Å². The number of thiocarbonyl (C=S) groups is 1. The monoisotopic (exact) mass is 251 g/mol. The standard InChI is InChI=1S/C9H5F4NOS/c10-5-2-6-7(15-3-8(16)14-6)1-4(5)9(11,12)13/h1-2H,3H2,(H,14,16). The van der Waals surface area contributed by atoms with Crippen LogP contribution in [0.4, 0.5) is 23.2 Å². The highest BCUT2D eigenvalue weighted by Gasteiger charge is 2.35. The van der Waals surface area contributed by atoms with Crippen molar-refractivity contribution in [1.82, 2.24) is 0 Å². The Morgan fingerprint density at radius 2 is 2.00 bits per heavy atom. The molecular weight excluding hydrogens is 246 g/mol. The molecule has 2 nitrogen and oxygen atoms in total. The van der Waals surface area contributed by atoms with Gasteiger partial charge in [0.2, 0.25) is 0 Å². The minimum atomic E-state index is -4.74. The Kier molecular flexibility index (Phi) is 2.49. The average molecular weight is 251 g/mol. The number of fused-ring (bicyclic) bond motifs is 1. The Hall–Kier alpha value is -1.37. The second-order valence-electron chi connectivity index (χ2n) is 3.16. The zero-order valence-corrected chi connectivity index (χ0v) is 8.51. The van der Waals surface area contributed by atoms with Crippen molar-refractivity contribution in [2.45, 2.75) is 6.18 Å². The summed E-state index contributed by atoms with van der Waals surface area (Å²) < 4.78 is 55.2. The Bertz CT molecular complexity index is 458. The fraction of sp³-hybridized carbons (Fsp3) is 0.222. The van der Waals surface area contributed by atoms with Gasteiger partial charge in [-0.05, 0) is 6.07 Å². The number of nitrogens with one attached hydrogen (secondary N) is 1. The van der Waals surface area contributed by atoms with Gasteiger partial charge in [0.05, 0.1) is 11.3 Å². The smallest absolute Gasteiger partial charge is 0.419 e. The van der Waals surface area contributed by atoms with Crippen LogP contribution in [0.3, 0.4) is 0 Å². The third-order valence-electron chi connectivity index (χ3n) is 2.01. The number of alkyl halides is 3. The summed E-state index contributed by atoms with van der Waals surface area (Å²) in [5.41, 5.74) is -1.23. The first-order valence-corrected chi connectivity index (χ1v) is 4.62. The molecule has 1 aliphatic rings. The van der Waals surface area contributed by atoms with Gasteiger partial charge in [-0.25, -0.2) is 4.39 Å². The molecule has 0 saturated carbocycles. The van der Waals surface area contributed by atoms with Crippen LogP contribution in [0, 0.1) is 5.82 Å². The molecule has 86 valence electrons. The van der Waals surface area contributed by atoms with Crippen molar-refractivity contribution in [3.05, 3.63) is 23.5 Å². The fourth-order valence-electron chi connectivity index (χ4n) is 1.32. The van der Waals surface area contributed by atoms with E-state index >= 15 is 0 Å². The molecule has 1 aromatic rings. The van der Waals surface area contributed by atoms with Gasteiger partial charge in [-0.3, -0.25) is 0 Å². The molecule has 0 aromatic heterocycles. The molecule has 1 heterocycles. The van der Waals surface area contributed by atoms with E-state index in [2.05, 4.69) is 5.32 Å². The van der Waals surface area contributed by atoms with E-state index in [9.17, 15) is 17.6 Å². The first-order chi connectivity index (χ1) is 7.38. The van der Waals surface area contributed by atoms with Gasteiger partial charge in [0.1, 0.15) is 23.2 Å². The SMILES string of the molecule is Fc1cc2c(cc1C(F)(F)F)OCC(=S)N2. The largest absolute Gasteiger partial charge is 0.484 e. The summed E-state index contributed by atoms with van der Waals surface area (Å²) in [5.74, 6) is -1.41. The van der Waals surface area contributed by atoms with E-state index in [0.717, 1.165) is 6.07 Å². The van der Waals surface area contributed by atoms with Crippen molar-refractivity contribution < 1.29 is 22.3 Å². The maximum atomic E-state index is 13.1. The van der Waals surface area contributed by atoms with Crippen LogP contribution in [-0.4, -0.2) is 11.6 Å². The molecule has 0 saturated heterocycles. The van der Waals surface area contributed by atoms with E-state index in [-0.39, 0.29) is 18.0 Å². The summed E-state index contributed by atoms with van der Waals surface area (Å²) in [4.78, 5) is 0.298. The third-order valence-corrected chi connectivity index (χ3v) is 2.23. The summed E-state index contributed by atoms with van der Waals surface area (Å²) in [6.45, 7) is -0.00867. The summed E-state index contributed by atoms with van der Waals surface area (Å²) in [7, 11) is 0. The Labute approximate surface area is 93.2 Å². The van der Waals surface area contributed by atoms with Gasteiger partial charge in [-0.2, -0.15) is 13.2 Å². The Balaban J connectivity index is 2.50. The lowest BCUT2D eigenvalue weighted by Crippen LogP contribution is -2.24. The van der Waals surface area contributed by atoms with Gasteiger partial charge in [0.15, 0.2) is 0 Å². The molecule has 1 aliphatic heterocycles. The van der Waals surface area contributed by atoms with Crippen LogP contribution in [0.2, 0.25) is 0 Å². The summed E-state index contributed by atoms with van der Waals surface area (Å²) in [6.07, 6.45) is -4.74. The first kappa shape index (κ1) is 11.1. The first-order valence-electron chi connectivity index (χ1n) is 4.21. The molecule has 0 bridgehead atoms. The zero-order chi connectivity index (χ0) is 11.9. The van der Waals surface area contributed by atoms with Gasteiger partial charge in [0, 0.05) is 6.07 Å². The number of hydrogen-bond donors (Lipinski definition) is 1. The topological polar surface area (TPSA) is 21.3 Å². The van der Waals surface area contributed by atoms with Crippen LogP contribution in [-0.2, 0) is 6.18 Å².